The number of esters is 3. The minimum atomic E-state index is -0.857. The summed E-state index contributed by atoms with van der Waals surface area (Å²) in [6, 6.07) is 10.0. The van der Waals surface area contributed by atoms with Crippen molar-refractivity contribution in [3.63, 3.8) is 0 Å². The molecule has 0 N–H and O–H groups in total. The Labute approximate surface area is 172 Å². The molecule has 0 aliphatic rings. The van der Waals surface area contributed by atoms with Gasteiger partial charge in [0.1, 0.15) is 12.7 Å². The lowest BCUT2D eigenvalue weighted by molar-refractivity contribution is -0.154. The Hall–Kier alpha value is -3.41. The van der Waals surface area contributed by atoms with E-state index in [1.54, 1.807) is 0 Å². The number of methoxy groups -OCH3 is 1. The van der Waals surface area contributed by atoms with Crippen LogP contribution in [0.5, 0.6) is 0 Å². The Morgan fingerprint density at radius 2 is 1.52 bits per heavy atom. The van der Waals surface area contributed by atoms with Crippen molar-refractivity contribution in [2.45, 2.75) is 26.4 Å². The van der Waals surface area contributed by atoms with Gasteiger partial charge in [-0.15, -0.1) is 0 Å². The molecule has 6 nitrogen and oxygen atoms in total. The average Bonchev–Trinajstić information content (AvgIpc) is 2.71. The molecule has 0 radical (unpaired) electrons. The molecule has 0 fully saturated rings. The zero-order valence-electron chi connectivity index (χ0n) is 17.2. The average molecular weight is 400 g/mol. The second-order valence-corrected chi connectivity index (χ2v) is 6.10. The zero-order chi connectivity index (χ0) is 22.4. The van der Waals surface area contributed by atoms with E-state index >= 15 is 0 Å². The van der Waals surface area contributed by atoms with Gasteiger partial charge in [0.25, 0.3) is 0 Å². The van der Waals surface area contributed by atoms with E-state index in [1.807, 2.05) is 36.4 Å². The summed E-state index contributed by atoms with van der Waals surface area (Å²) < 4.78 is 14.5. The first-order valence-corrected chi connectivity index (χ1v) is 8.75. The summed E-state index contributed by atoms with van der Waals surface area (Å²) in [6.07, 6.45) is 0.957. The van der Waals surface area contributed by atoms with Crippen LogP contribution >= 0.6 is 0 Å². The van der Waals surface area contributed by atoms with Gasteiger partial charge in [-0.2, -0.15) is 0 Å². The lowest BCUT2D eigenvalue weighted by Gasteiger charge is -2.18. The van der Waals surface area contributed by atoms with Crippen LogP contribution in [0.4, 0.5) is 0 Å². The highest BCUT2D eigenvalue weighted by molar-refractivity contribution is 5.89. The van der Waals surface area contributed by atoms with E-state index in [4.69, 9.17) is 9.47 Å². The normalized spacial score (nSPS) is 10.3. The van der Waals surface area contributed by atoms with E-state index in [0.717, 1.165) is 0 Å². The van der Waals surface area contributed by atoms with Crippen molar-refractivity contribution in [1.29, 1.82) is 0 Å². The number of carbonyl (C=O) groups excluding carboxylic acids is 3. The van der Waals surface area contributed by atoms with Gasteiger partial charge in [0.15, 0.2) is 0 Å². The summed E-state index contributed by atoms with van der Waals surface area (Å²) in [5.74, 6) is -1.89. The van der Waals surface area contributed by atoms with E-state index in [0.29, 0.717) is 0 Å². The predicted octanol–water partition coefficient (Wildman–Crippen LogP) is 4.04. The second kappa shape index (κ2) is 13.7. The van der Waals surface area contributed by atoms with Crippen molar-refractivity contribution in [2.75, 3.05) is 13.7 Å². The van der Waals surface area contributed by atoms with E-state index in [2.05, 4.69) is 31.1 Å². The highest BCUT2D eigenvalue weighted by Gasteiger charge is 2.21. The van der Waals surface area contributed by atoms with Crippen molar-refractivity contribution < 1.29 is 28.6 Å². The number of rotatable bonds is 9. The van der Waals surface area contributed by atoms with E-state index < -0.39 is 24.0 Å². The molecular formula is C23H28O6. The molecule has 6 heteroatoms. The first kappa shape index (κ1) is 25.6. The molecule has 1 atom stereocenters. The van der Waals surface area contributed by atoms with Gasteiger partial charge >= 0.3 is 17.9 Å². The number of hydrogen-bond acceptors (Lipinski definition) is 6. The largest absolute Gasteiger partial charge is 0.466 e. The minimum Gasteiger partial charge on any atom is -0.466 e. The lowest BCUT2D eigenvalue weighted by atomic mass is 10.1. The number of ether oxygens (including phenoxy) is 3. The monoisotopic (exact) mass is 400 g/mol. The smallest absolute Gasteiger partial charge is 0.333 e. The van der Waals surface area contributed by atoms with Gasteiger partial charge < -0.3 is 14.2 Å². The van der Waals surface area contributed by atoms with Gasteiger partial charge in [-0.1, -0.05) is 62.7 Å². The zero-order valence-corrected chi connectivity index (χ0v) is 17.2. The minimum absolute atomic E-state index is 0.0187. The predicted molar refractivity (Wildman–Crippen MR) is 113 cm³/mol. The van der Waals surface area contributed by atoms with Crippen LogP contribution in [0.25, 0.3) is 6.08 Å². The standard InChI is InChI=1S/C15H20O6.C8H8/c1-9(2)13(16)20-8-12(21-14(17)10(3)4)7-11(5)15(18)19-6;1-2-8-6-4-3-5-7-8/h12H,1,3,5,7-8H2,2,4,6H3;2-7H,1H2. The van der Waals surface area contributed by atoms with Gasteiger partial charge in [0.2, 0.25) is 0 Å². The maximum Gasteiger partial charge on any atom is 0.333 e. The highest BCUT2D eigenvalue weighted by Crippen LogP contribution is 2.12. The molecular weight excluding hydrogens is 372 g/mol. The SMILES string of the molecule is C=C(C)C(=O)OCC(CC(=C)C(=O)OC)OC(=O)C(=C)C.C=Cc1ccccc1. The van der Waals surface area contributed by atoms with Crippen LogP contribution in [0.2, 0.25) is 0 Å². The van der Waals surface area contributed by atoms with Gasteiger partial charge in [0, 0.05) is 23.1 Å². The highest BCUT2D eigenvalue weighted by atomic mass is 16.6. The molecule has 1 aromatic carbocycles. The summed E-state index contributed by atoms with van der Waals surface area (Å²) in [5.41, 5.74) is 1.68. The van der Waals surface area contributed by atoms with Crippen molar-refractivity contribution in [2.24, 2.45) is 0 Å². The fourth-order valence-corrected chi connectivity index (χ4v) is 1.77. The fourth-order valence-electron chi connectivity index (χ4n) is 1.77. The third-order valence-corrected chi connectivity index (χ3v) is 3.35. The molecule has 0 aliphatic carbocycles. The summed E-state index contributed by atoms with van der Waals surface area (Å²) in [4.78, 5) is 34.2. The molecule has 29 heavy (non-hydrogen) atoms. The molecule has 0 aliphatic heterocycles. The van der Waals surface area contributed by atoms with Crippen molar-refractivity contribution in [3.8, 4) is 0 Å². The Balaban J connectivity index is 0.000000807. The van der Waals surface area contributed by atoms with Crippen LogP contribution in [-0.2, 0) is 28.6 Å². The van der Waals surface area contributed by atoms with E-state index in [1.165, 1.54) is 26.5 Å². The number of hydrogen-bond donors (Lipinski definition) is 0. The lowest BCUT2D eigenvalue weighted by Crippen LogP contribution is -2.27. The second-order valence-electron chi connectivity index (χ2n) is 6.10. The van der Waals surface area contributed by atoms with Gasteiger partial charge in [0.05, 0.1) is 7.11 Å². The van der Waals surface area contributed by atoms with Gasteiger partial charge in [-0.3, -0.25) is 0 Å². The summed E-state index contributed by atoms with van der Waals surface area (Å²) in [7, 11) is 1.21. The molecule has 0 saturated heterocycles. The summed E-state index contributed by atoms with van der Waals surface area (Å²) in [6.45, 7) is 16.8. The van der Waals surface area contributed by atoms with Crippen LogP contribution in [0, 0.1) is 0 Å². The maximum absolute atomic E-state index is 11.5. The third-order valence-electron chi connectivity index (χ3n) is 3.35. The Morgan fingerprint density at radius 3 is 1.93 bits per heavy atom. The molecule has 0 aromatic heterocycles. The van der Waals surface area contributed by atoms with E-state index in [9.17, 15) is 14.4 Å². The van der Waals surface area contributed by atoms with Crippen LogP contribution in [-0.4, -0.2) is 37.7 Å². The van der Waals surface area contributed by atoms with Crippen molar-refractivity contribution in [1.82, 2.24) is 0 Å². The van der Waals surface area contributed by atoms with Gasteiger partial charge in [-0.25, -0.2) is 14.4 Å². The van der Waals surface area contributed by atoms with Crippen molar-refractivity contribution in [3.05, 3.63) is 78.9 Å². The Morgan fingerprint density at radius 1 is 0.966 bits per heavy atom. The molecule has 1 unspecified atom stereocenters. The topological polar surface area (TPSA) is 78.9 Å². The van der Waals surface area contributed by atoms with Crippen LogP contribution < -0.4 is 0 Å². The number of benzene rings is 1. The first-order valence-electron chi connectivity index (χ1n) is 8.75. The molecule has 1 rings (SSSR count). The van der Waals surface area contributed by atoms with Crippen LogP contribution in [0.1, 0.15) is 25.8 Å². The van der Waals surface area contributed by atoms with Crippen LogP contribution in [0.15, 0.2) is 73.4 Å². The molecule has 156 valence electrons. The first-order chi connectivity index (χ1) is 13.6. The summed E-state index contributed by atoms with van der Waals surface area (Å²) >= 11 is 0. The molecule has 0 heterocycles. The maximum atomic E-state index is 11.5. The van der Waals surface area contributed by atoms with Crippen molar-refractivity contribution >= 4 is 24.0 Å². The molecule has 0 saturated carbocycles. The molecule has 0 spiro atoms. The molecule has 1 aromatic rings. The quantitative estimate of drug-likeness (QED) is 0.354. The third kappa shape index (κ3) is 11.1. The Kier molecular flexibility index (Phi) is 12.1. The number of carbonyl (C=O) groups is 3. The van der Waals surface area contributed by atoms with E-state index in [-0.39, 0.29) is 29.7 Å². The molecule has 0 amide bonds. The van der Waals surface area contributed by atoms with Gasteiger partial charge in [-0.05, 0) is 19.4 Å². The Bertz CT molecular complexity index is 761. The summed E-state index contributed by atoms with van der Waals surface area (Å²) in [5, 5.41) is 0. The molecule has 0 bridgehead atoms. The van der Waals surface area contributed by atoms with Crippen LogP contribution in [0.3, 0.4) is 0 Å². The fraction of sp³-hybridized carbons (Fsp3) is 0.261.